The number of nitrogens with zero attached hydrogens (tertiary/aromatic N) is 2. The fourth-order valence-electron chi connectivity index (χ4n) is 7.98. The Morgan fingerprint density at radius 3 is 2.24 bits per heavy atom. The van der Waals surface area contributed by atoms with Crippen LogP contribution in [0.4, 0.5) is 5.82 Å². The highest BCUT2D eigenvalue weighted by Gasteiger charge is 2.51. The maximum Gasteiger partial charge on any atom is 0.229 e. The summed E-state index contributed by atoms with van der Waals surface area (Å²) >= 11 is 0. The van der Waals surface area contributed by atoms with Crippen molar-refractivity contribution in [2.24, 2.45) is 23.2 Å². The standard InChI is InChI=1S/C33H33N3O/c37-31(16-22-10-11-26-6-4-5-9-28(26)15-22)36-32-29(35-30(21-34-32)27-7-2-1-3-8-27)20-33-17-23-12-24(18-33)14-25(13-23)19-33/h1-11,15,21,23-25H,12-14,16-20H2,(H,34,36,37). The van der Waals surface area contributed by atoms with Gasteiger partial charge in [0.05, 0.1) is 24.0 Å². The van der Waals surface area contributed by atoms with Gasteiger partial charge < -0.3 is 5.32 Å². The first kappa shape index (κ1) is 22.7. The Bertz CT molecular complexity index is 1430. The molecule has 4 aliphatic rings. The zero-order valence-corrected chi connectivity index (χ0v) is 21.2. The van der Waals surface area contributed by atoms with Gasteiger partial charge in [-0.15, -0.1) is 0 Å². The quantitative estimate of drug-likeness (QED) is 0.312. The van der Waals surface area contributed by atoms with Crippen LogP contribution in [0.25, 0.3) is 22.0 Å². The van der Waals surface area contributed by atoms with Crippen molar-refractivity contribution < 1.29 is 4.79 Å². The summed E-state index contributed by atoms with van der Waals surface area (Å²) < 4.78 is 0. The molecule has 0 radical (unpaired) electrons. The Morgan fingerprint density at radius 2 is 1.51 bits per heavy atom. The monoisotopic (exact) mass is 487 g/mol. The van der Waals surface area contributed by atoms with Crippen LogP contribution in [0.2, 0.25) is 0 Å². The lowest BCUT2D eigenvalue weighted by Crippen LogP contribution is -2.47. The lowest BCUT2D eigenvalue weighted by Gasteiger charge is -2.57. The third kappa shape index (κ3) is 4.54. The lowest BCUT2D eigenvalue weighted by atomic mass is 9.48. The number of rotatable bonds is 6. The van der Waals surface area contributed by atoms with Gasteiger partial charge in [-0.05, 0) is 84.5 Å². The summed E-state index contributed by atoms with van der Waals surface area (Å²) in [5.41, 5.74) is 4.22. The maximum absolute atomic E-state index is 13.2. The van der Waals surface area contributed by atoms with Crippen LogP contribution in [0.5, 0.6) is 0 Å². The molecular weight excluding hydrogens is 454 g/mol. The van der Waals surface area contributed by atoms with E-state index in [4.69, 9.17) is 9.97 Å². The van der Waals surface area contributed by atoms with Crippen LogP contribution in [-0.2, 0) is 17.6 Å². The summed E-state index contributed by atoms with van der Waals surface area (Å²) in [6.45, 7) is 0. The summed E-state index contributed by atoms with van der Waals surface area (Å²) in [6, 6.07) is 24.8. The summed E-state index contributed by atoms with van der Waals surface area (Å²) in [7, 11) is 0. The number of carbonyl (C=O) groups excluding carboxylic acids is 1. The molecule has 4 heteroatoms. The van der Waals surface area contributed by atoms with Crippen molar-refractivity contribution in [3.05, 3.63) is 90.3 Å². The third-order valence-electron chi connectivity index (χ3n) is 9.06. The number of benzene rings is 3. The highest BCUT2D eigenvalue weighted by Crippen LogP contribution is 2.61. The Labute approximate surface area is 218 Å². The van der Waals surface area contributed by atoms with Crippen LogP contribution >= 0.6 is 0 Å². The molecule has 1 aromatic heterocycles. The second-order valence-electron chi connectivity index (χ2n) is 11.9. The first-order valence-electron chi connectivity index (χ1n) is 13.8. The molecule has 186 valence electrons. The molecule has 37 heavy (non-hydrogen) atoms. The smallest absolute Gasteiger partial charge is 0.229 e. The second kappa shape index (κ2) is 9.09. The Morgan fingerprint density at radius 1 is 0.838 bits per heavy atom. The fourth-order valence-corrected chi connectivity index (χ4v) is 7.98. The molecule has 4 fully saturated rings. The normalized spacial score (nSPS) is 25.9. The molecule has 0 aliphatic heterocycles. The van der Waals surface area contributed by atoms with Crippen LogP contribution in [-0.4, -0.2) is 15.9 Å². The number of hydrogen-bond donors (Lipinski definition) is 1. The first-order chi connectivity index (χ1) is 18.1. The van der Waals surface area contributed by atoms with Crippen molar-refractivity contribution in [1.82, 2.24) is 9.97 Å². The van der Waals surface area contributed by atoms with E-state index in [9.17, 15) is 4.79 Å². The summed E-state index contributed by atoms with van der Waals surface area (Å²) in [5.74, 6) is 3.23. The van der Waals surface area contributed by atoms with E-state index < -0.39 is 0 Å². The highest BCUT2D eigenvalue weighted by molar-refractivity contribution is 5.93. The van der Waals surface area contributed by atoms with E-state index >= 15 is 0 Å². The summed E-state index contributed by atoms with van der Waals surface area (Å²) in [5, 5.41) is 5.50. The molecule has 0 atom stereocenters. The molecule has 4 bridgehead atoms. The van der Waals surface area contributed by atoms with Gasteiger partial charge >= 0.3 is 0 Å². The van der Waals surface area contributed by atoms with E-state index in [-0.39, 0.29) is 5.91 Å². The van der Waals surface area contributed by atoms with Crippen LogP contribution < -0.4 is 5.32 Å². The number of hydrogen-bond acceptors (Lipinski definition) is 3. The second-order valence-corrected chi connectivity index (χ2v) is 11.9. The van der Waals surface area contributed by atoms with Gasteiger partial charge in [-0.1, -0.05) is 72.8 Å². The first-order valence-corrected chi connectivity index (χ1v) is 13.8. The molecule has 0 unspecified atom stereocenters. The maximum atomic E-state index is 13.2. The molecule has 4 saturated carbocycles. The van der Waals surface area contributed by atoms with E-state index in [1.807, 2.05) is 42.6 Å². The Hall–Kier alpha value is -3.53. The van der Waals surface area contributed by atoms with Gasteiger partial charge in [0.2, 0.25) is 5.91 Å². The number of carbonyl (C=O) groups is 1. The van der Waals surface area contributed by atoms with Crippen molar-refractivity contribution in [3.63, 3.8) is 0 Å². The molecule has 3 aromatic carbocycles. The van der Waals surface area contributed by atoms with E-state index in [1.54, 1.807) is 0 Å². The van der Waals surface area contributed by atoms with Gasteiger partial charge in [0, 0.05) is 5.56 Å². The van der Waals surface area contributed by atoms with E-state index in [2.05, 4.69) is 41.7 Å². The highest BCUT2D eigenvalue weighted by atomic mass is 16.1. The van der Waals surface area contributed by atoms with Crippen LogP contribution in [0, 0.1) is 23.2 Å². The average molecular weight is 488 g/mol. The van der Waals surface area contributed by atoms with Crippen LogP contribution in [0.15, 0.2) is 79.0 Å². The number of amides is 1. The molecule has 4 aliphatic carbocycles. The SMILES string of the molecule is O=C(Cc1ccc2ccccc2c1)Nc1ncc(-c2ccccc2)nc1CC12CC3CC(CC(C3)C1)C2. The topological polar surface area (TPSA) is 54.9 Å². The molecule has 0 saturated heterocycles. The zero-order valence-electron chi connectivity index (χ0n) is 21.2. The van der Waals surface area contributed by atoms with Crippen LogP contribution in [0.3, 0.4) is 0 Å². The summed E-state index contributed by atoms with van der Waals surface area (Å²) in [4.78, 5) is 23.1. The molecular formula is C33H33N3O. The van der Waals surface area contributed by atoms with Crippen molar-refractivity contribution in [2.45, 2.75) is 51.4 Å². The minimum atomic E-state index is -0.0381. The van der Waals surface area contributed by atoms with Gasteiger partial charge in [-0.2, -0.15) is 0 Å². The predicted molar refractivity (Wildman–Crippen MR) is 148 cm³/mol. The molecule has 8 rings (SSSR count). The van der Waals surface area contributed by atoms with Gasteiger partial charge in [0.1, 0.15) is 0 Å². The van der Waals surface area contributed by atoms with E-state index in [0.29, 0.717) is 17.7 Å². The minimum absolute atomic E-state index is 0.0381. The minimum Gasteiger partial charge on any atom is -0.309 e. The molecule has 4 aromatic rings. The molecule has 1 heterocycles. The van der Waals surface area contributed by atoms with Crippen LogP contribution in [0.1, 0.15) is 49.8 Å². The van der Waals surface area contributed by atoms with Crippen molar-refractivity contribution in [2.75, 3.05) is 5.32 Å². The van der Waals surface area contributed by atoms with Gasteiger partial charge in [0.25, 0.3) is 0 Å². The lowest BCUT2D eigenvalue weighted by molar-refractivity contribution is -0.115. The van der Waals surface area contributed by atoms with E-state index in [0.717, 1.165) is 52.1 Å². The Balaban J connectivity index is 1.17. The van der Waals surface area contributed by atoms with Gasteiger partial charge in [0.15, 0.2) is 5.82 Å². The molecule has 0 spiro atoms. The largest absolute Gasteiger partial charge is 0.309 e. The molecule has 4 nitrogen and oxygen atoms in total. The average Bonchev–Trinajstić information content (AvgIpc) is 2.89. The number of fused-ring (bicyclic) bond motifs is 1. The number of anilines is 1. The third-order valence-corrected chi connectivity index (χ3v) is 9.06. The summed E-state index contributed by atoms with van der Waals surface area (Å²) in [6.07, 6.45) is 11.2. The molecule has 1 amide bonds. The zero-order chi connectivity index (χ0) is 24.8. The fraction of sp³-hybridized carbons (Fsp3) is 0.364. The number of nitrogens with one attached hydrogen (secondary N) is 1. The Kier molecular flexibility index (Phi) is 5.57. The predicted octanol–water partition coefficient (Wildman–Crippen LogP) is 7.24. The van der Waals surface area contributed by atoms with E-state index in [1.165, 1.54) is 43.9 Å². The van der Waals surface area contributed by atoms with Crippen molar-refractivity contribution >= 4 is 22.5 Å². The van der Waals surface area contributed by atoms with Crippen molar-refractivity contribution in [1.29, 1.82) is 0 Å². The molecule has 1 N–H and O–H groups in total. The van der Waals surface area contributed by atoms with Gasteiger partial charge in [-0.25, -0.2) is 9.97 Å². The van der Waals surface area contributed by atoms with Crippen molar-refractivity contribution in [3.8, 4) is 11.3 Å². The van der Waals surface area contributed by atoms with Gasteiger partial charge in [-0.3, -0.25) is 4.79 Å². The number of aromatic nitrogens is 2.